The van der Waals surface area contributed by atoms with Gasteiger partial charge in [0, 0.05) is 24.9 Å². The maximum atomic E-state index is 5.44. The zero-order valence-electron chi connectivity index (χ0n) is 12.4. The van der Waals surface area contributed by atoms with E-state index in [4.69, 9.17) is 4.74 Å². The summed E-state index contributed by atoms with van der Waals surface area (Å²) in [7, 11) is 0. The number of nitrogens with zero attached hydrogens (tertiary/aromatic N) is 1. The molecule has 20 heavy (non-hydrogen) atoms. The predicted octanol–water partition coefficient (Wildman–Crippen LogP) is 2.68. The summed E-state index contributed by atoms with van der Waals surface area (Å²) >= 11 is 0. The molecule has 2 aliphatic carbocycles. The van der Waals surface area contributed by atoms with Gasteiger partial charge in [-0.2, -0.15) is 0 Å². The first kappa shape index (κ1) is 14.0. The molecular formula is C18H25NO. The highest BCUT2D eigenvalue weighted by molar-refractivity contribution is 5.26. The average Bonchev–Trinajstić information content (AvgIpc) is 3.33. The van der Waals surface area contributed by atoms with Crippen molar-refractivity contribution in [3.8, 4) is 23.7 Å². The van der Waals surface area contributed by atoms with Crippen molar-refractivity contribution in [3.05, 3.63) is 0 Å². The fourth-order valence-electron chi connectivity index (χ4n) is 2.92. The lowest BCUT2D eigenvalue weighted by atomic mass is 9.89. The van der Waals surface area contributed by atoms with Crippen molar-refractivity contribution in [1.82, 2.24) is 4.90 Å². The second-order valence-corrected chi connectivity index (χ2v) is 6.24. The average molecular weight is 271 g/mol. The van der Waals surface area contributed by atoms with Crippen LogP contribution in [0.2, 0.25) is 0 Å². The molecule has 0 bridgehead atoms. The third kappa shape index (κ3) is 4.27. The Kier molecular flexibility index (Phi) is 5.01. The molecule has 3 fully saturated rings. The number of hydrogen-bond donors (Lipinski definition) is 0. The molecule has 1 unspecified atom stereocenters. The molecule has 2 heteroatoms. The van der Waals surface area contributed by atoms with E-state index in [9.17, 15) is 0 Å². The third-order valence-electron chi connectivity index (χ3n) is 4.44. The molecule has 0 aromatic carbocycles. The molecule has 1 atom stereocenters. The van der Waals surface area contributed by atoms with Crippen molar-refractivity contribution >= 4 is 0 Å². The Balaban J connectivity index is 1.64. The highest BCUT2D eigenvalue weighted by atomic mass is 16.5. The first-order chi connectivity index (χ1) is 9.92. The lowest BCUT2D eigenvalue weighted by Crippen LogP contribution is -2.42. The first-order valence-corrected chi connectivity index (χ1v) is 8.26. The Bertz CT molecular complexity index is 420. The van der Waals surface area contributed by atoms with Crippen molar-refractivity contribution in [3.63, 3.8) is 0 Å². The zero-order valence-corrected chi connectivity index (χ0v) is 12.4. The standard InChI is InChI=1S/C18H25NO/c1-2-4-16(5-3-1)8-10-18(11-9-17-6-7-17)19-12-14-20-15-13-19/h16-18H,1-7,12-15H2. The number of hydrogen-bond acceptors (Lipinski definition) is 2. The van der Waals surface area contributed by atoms with E-state index in [-0.39, 0.29) is 6.04 Å². The number of rotatable bonds is 1. The molecule has 0 aromatic rings. The van der Waals surface area contributed by atoms with Crippen molar-refractivity contribution in [2.75, 3.05) is 26.3 Å². The minimum atomic E-state index is 0.140. The van der Waals surface area contributed by atoms with Gasteiger partial charge in [-0.05, 0) is 25.7 Å². The third-order valence-corrected chi connectivity index (χ3v) is 4.44. The second-order valence-electron chi connectivity index (χ2n) is 6.24. The molecule has 1 saturated heterocycles. The highest BCUT2D eigenvalue weighted by Crippen LogP contribution is 2.27. The quantitative estimate of drug-likeness (QED) is 0.680. The van der Waals surface area contributed by atoms with Crippen LogP contribution in [0.15, 0.2) is 0 Å². The lowest BCUT2D eigenvalue weighted by Gasteiger charge is -2.29. The normalized spacial score (nSPS) is 26.0. The summed E-state index contributed by atoms with van der Waals surface area (Å²) in [4.78, 5) is 2.40. The molecule has 3 aliphatic rings. The molecule has 0 N–H and O–H groups in total. The molecule has 0 spiro atoms. The van der Waals surface area contributed by atoms with Crippen LogP contribution in [0.1, 0.15) is 44.9 Å². The summed E-state index contributed by atoms with van der Waals surface area (Å²) in [6.45, 7) is 3.60. The van der Waals surface area contributed by atoms with Crippen LogP contribution in [0.4, 0.5) is 0 Å². The van der Waals surface area contributed by atoms with Crippen molar-refractivity contribution < 1.29 is 4.74 Å². The van der Waals surface area contributed by atoms with Gasteiger partial charge >= 0.3 is 0 Å². The van der Waals surface area contributed by atoms with E-state index in [1.54, 1.807) is 0 Å². The zero-order chi connectivity index (χ0) is 13.6. The van der Waals surface area contributed by atoms with Crippen LogP contribution in [0.25, 0.3) is 0 Å². The van der Waals surface area contributed by atoms with Crippen LogP contribution in [0.3, 0.4) is 0 Å². The summed E-state index contributed by atoms with van der Waals surface area (Å²) in [5.41, 5.74) is 0. The second kappa shape index (κ2) is 7.16. The first-order valence-electron chi connectivity index (χ1n) is 8.26. The highest BCUT2D eigenvalue weighted by Gasteiger charge is 2.21. The van der Waals surface area contributed by atoms with E-state index in [0.29, 0.717) is 11.8 Å². The number of morpholine rings is 1. The van der Waals surface area contributed by atoms with E-state index < -0.39 is 0 Å². The lowest BCUT2D eigenvalue weighted by molar-refractivity contribution is 0.0356. The largest absolute Gasteiger partial charge is 0.379 e. The molecule has 2 nitrogen and oxygen atoms in total. The molecule has 108 valence electrons. The molecular weight excluding hydrogens is 246 g/mol. The van der Waals surface area contributed by atoms with Gasteiger partial charge in [-0.1, -0.05) is 42.9 Å². The van der Waals surface area contributed by atoms with Gasteiger partial charge in [0.15, 0.2) is 0 Å². The van der Waals surface area contributed by atoms with Gasteiger partial charge in [0.25, 0.3) is 0 Å². The van der Waals surface area contributed by atoms with Crippen LogP contribution < -0.4 is 0 Å². The summed E-state index contributed by atoms with van der Waals surface area (Å²) in [5, 5.41) is 0. The minimum absolute atomic E-state index is 0.140. The number of ether oxygens (including phenoxy) is 1. The molecule has 3 rings (SSSR count). The van der Waals surface area contributed by atoms with Gasteiger partial charge in [-0.25, -0.2) is 0 Å². The van der Waals surface area contributed by atoms with Gasteiger partial charge in [-0.3, -0.25) is 4.90 Å². The maximum absolute atomic E-state index is 5.44. The van der Waals surface area contributed by atoms with Crippen LogP contribution in [-0.4, -0.2) is 37.2 Å². The van der Waals surface area contributed by atoms with Crippen LogP contribution >= 0.6 is 0 Å². The fraction of sp³-hybridized carbons (Fsp3) is 0.778. The minimum Gasteiger partial charge on any atom is -0.379 e. The van der Waals surface area contributed by atoms with Crippen LogP contribution in [0, 0.1) is 35.5 Å². The summed E-state index contributed by atoms with van der Waals surface area (Å²) < 4.78 is 5.44. The van der Waals surface area contributed by atoms with E-state index in [1.165, 1.54) is 44.9 Å². The Morgan fingerprint density at radius 3 is 2.00 bits per heavy atom. The smallest absolute Gasteiger partial charge is 0.134 e. The monoisotopic (exact) mass is 271 g/mol. The Morgan fingerprint density at radius 2 is 1.40 bits per heavy atom. The van der Waals surface area contributed by atoms with Crippen molar-refractivity contribution in [1.29, 1.82) is 0 Å². The van der Waals surface area contributed by atoms with Gasteiger partial charge < -0.3 is 4.74 Å². The van der Waals surface area contributed by atoms with Gasteiger partial charge in [-0.15, -0.1) is 0 Å². The summed E-state index contributed by atoms with van der Waals surface area (Å²) in [6, 6.07) is 0.140. The fourth-order valence-corrected chi connectivity index (χ4v) is 2.92. The predicted molar refractivity (Wildman–Crippen MR) is 81.0 cm³/mol. The van der Waals surface area contributed by atoms with Gasteiger partial charge in [0.1, 0.15) is 6.04 Å². The Morgan fingerprint density at radius 1 is 0.800 bits per heavy atom. The molecule has 0 aromatic heterocycles. The van der Waals surface area contributed by atoms with Gasteiger partial charge in [0.2, 0.25) is 0 Å². The molecule has 0 radical (unpaired) electrons. The summed E-state index contributed by atoms with van der Waals surface area (Å²) in [5.74, 6) is 15.1. The van der Waals surface area contributed by atoms with Crippen LogP contribution in [-0.2, 0) is 4.74 Å². The molecule has 2 saturated carbocycles. The Labute approximate surface area is 123 Å². The summed E-state index contributed by atoms with van der Waals surface area (Å²) in [6.07, 6.45) is 9.27. The van der Waals surface area contributed by atoms with E-state index in [2.05, 4.69) is 28.6 Å². The molecule has 1 heterocycles. The van der Waals surface area contributed by atoms with E-state index in [1.807, 2.05) is 0 Å². The van der Waals surface area contributed by atoms with E-state index >= 15 is 0 Å². The van der Waals surface area contributed by atoms with Crippen LogP contribution in [0.5, 0.6) is 0 Å². The SMILES string of the molecule is C(#CC(C#CC1CC1)N1CCOCC1)C1CCCCC1. The van der Waals surface area contributed by atoms with Crippen molar-refractivity contribution in [2.24, 2.45) is 11.8 Å². The van der Waals surface area contributed by atoms with Gasteiger partial charge in [0.05, 0.1) is 13.2 Å². The maximum Gasteiger partial charge on any atom is 0.134 e. The molecule has 0 amide bonds. The topological polar surface area (TPSA) is 12.5 Å². The Hall–Kier alpha value is -0.960. The van der Waals surface area contributed by atoms with Crippen molar-refractivity contribution in [2.45, 2.75) is 51.0 Å². The van der Waals surface area contributed by atoms with E-state index in [0.717, 1.165) is 26.3 Å². The molecule has 1 aliphatic heterocycles.